The van der Waals surface area contributed by atoms with E-state index in [0.29, 0.717) is 18.5 Å². The molecular weight excluding hydrogens is 212 g/mol. The van der Waals surface area contributed by atoms with Gasteiger partial charge in [0.05, 0.1) is 6.61 Å². The van der Waals surface area contributed by atoms with E-state index in [1.54, 1.807) is 0 Å². The Bertz CT molecular complexity index is 354. The SMILES string of the molecule is CCOc1cccc(NC2CCCCC2C)n1. The summed E-state index contributed by atoms with van der Waals surface area (Å²) in [5, 5.41) is 3.54. The minimum Gasteiger partial charge on any atom is -0.478 e. The maximum absolute atomic E-state index is 5.41. The van der Waals surface area contributed by atoms with Crippen molar-refractivity contribution >= 4 is 5.82 Å². The number of hydrogen-bond acceptors (Lipinski definition) is 3. The van der Waals surface area contributed by atoms with Crippen LogP contribution >= 0.6 is 0 Å². The molecule has 0 aliphatic heterocycles. The van der Waals surface area contributed by atoms with Crippen molar-refractivity contribution in [2.24, 2.45) is 5.92 Å². The highest BCUT2D eigenvalue weighted by Gasteiger charge is 2.21. The van der Waals surface area contributed by atoms with Crippen LogP contribution in [0.3, 0.4) is 0 Å². The van der Waals surface area contributed by atoms with Gasteiger partial charge >= 0.3 is 0 Å². The summed E-state index contributed by atoms with van der Waals surface area (Å²) >= 11 is 0. The fourth-order valence-corrected chi connectivity index (χ4v) is 2.44. The van der Waals surface area contributed by atoms with Crippen molar-refractivity contribution in [2.45, 2.75) is 45.6 Å². The number of nitrogens with zero attached hydrogens (tertiary/aromatic N) is 1. The maximum Gasteiger partial charge on any atom is 0.215 e. The molecule has 1 fully saturated rings. The van der Waals surface area contributed by atoms with Gasteiger partial charge in [0.1, 0.15) is 5.82 Å². The van der Waals surface area contributed by atoms with Crippen molar-refractivity contribution in [1.82, 2.24) is 4.98 Å². The standard InChI is InChI=1S/C14H22N2O/c1-3-17-14-10-6-9-13(16-14)15-12-8-5-4-7-11(12)2/h6,9-12H,3-5,7-8H2,1-2H3,(H,15,16). The van der Waals surface area contributed by atoms with Gasteiger partial charge in [-0.1, -0.05) is 25.8 Å². The van der Waals surface area contributed by atoms with Crippen LogP contribution in [0.25, 0.3) is 0 Å². The molecule has 17 heavy (non-hydrogen) atoms. The fourth-order valence-electron chi connectivity index (χ4n) is 2.44. The lowest BCUT2D eigenvalue weighted by molar-refractivity contribution is 0.325. The average molecular weight is 234 g/mol. The molecular formula is C14H22N2O. The highest BCUT2D eigenvalue weighted by molar-refractivity contribution is 5.38. The molecule has 2 rings (SSSR count). The lowest BCUT2D eigenvalue weighted by Crippen LogP contribution is -2.30. The molecule has 3 heteroatoms. The van der Waals surface area contributed by atoms with Gasteiger partial charge in [0.25, 0.3) is 0 Å². The molecule has 1 aliphatic carbocycles. The Morgan fingerprint density at radius 3 is 2.94 bits per heavy atom. The van der Waals surface area contributed by atoms with Gasteiger partial charge in [-0.25, -0.2) is 0 Å². The third-order valence-corrected chi connectivity index (χ3v) is 3.46. The zero-order valence-electron chi connectivity index (χ0n) is 10.8. The summed E-state index contributed by atoms with van der Waals surface area (Å²) in [7, 11) is 0. The number of rotatable bonds is 4. The lowest BCUT2D eigenvalue weighted by atomic mass is 9.86. The molecule has 2 unspecified atom stereocenters. The third kappa shape index (κ3) is 3.35. The molecule has 1 heterocycles. The Balaban J connectivity index is 1.99. The number of anilines is 1. The first-order valence-corrected chi connectivity index (χ1v) is 6.66. The van der Waals surface area contributed by atoms with E-state index in [9.17, 15) is 0 Å². The molecule has 0 aromatic carbocycles. The molecule has 0 radical (unpaired) electrons. The maximum atomic E-state index is 5.41. The normalized spacial score (nSPS) is 24.4. The molecule has 94 valence electrons. The van der Waals surface area contributed by atoms with E-state index in [1.165, 1.54) is 25.7 Å². The van der Waals surface area contributed by atoms with Gasteiger partial charge < -0.3 is 10.1 Å². The van der Waals surface area contributed by atoms with Crippen LogP contribution in [0, 0.1) is 5.92 Å². The number of ether oxygens (including phenoxy) is 1. The first kappa shape index (κ1) is 12.2. The van der Waals surface area contributed by atoms with Gasteiger partial charge in [-0.15, -0.1) is 0 Å². The Morgan fingerprint density at radius 1 is 1.35 bits per heavy atom. The van der Waals surface area contributed by atoms with Crippen molar-refractivity contribution in [1.29, 1.82) is 0 Å². The van der Waals surface area contributed by atoms with Gasteiger partial charge in [-0.05, 0) is 31.7 Å². The van der Waals surface area contributed by atoms with Crippen LogP contribution in [0.4, 0.5) is 5.82 Å². The smallest absolute Gasteiger partial charge is 0.215 e. The first-order chi connectivity index (χ1) is 8.29. The van der Waals surface area contributed by atoms with Crippen molar-refractivity contribution in [3.05, 3.63) is 18.2 Å². The summed E-state index contributed by atoms with van der Waals surface area (Å²) in [6, 6.07) is 6.48. The topological polar surface area (TPSA) is 34.1 Å². The van der Waals surface area contributed by atoms with E-state index in [-0.39, 0.29) is 0 Å². The van der Waals surface area contributed by atoms with E-state index in [0.717, 1.165) is 11.7 Å². The largest absolute Gasteiger partial charge is 0.478 e. The number of nitrogens with one attached hydrogen (secondary N) is 1. The highest BCUT2D eigenvalue weighted by atomic mass is 16.5. The predicted molar refractivity (Wildman–Crippen MR) is 70.4 cm³/mol. The molecule has 0 saturated heterocycles. The second kappa shape index (κ2) is 5.89. The summed E-state index contributed by atoms with van der Waals surface area (Å²) in [6.45, 7) is 4.96. The summed E-state index contributed by atoms with van der Waals surface area (Å²) in [5.74, 6) is 2.39. The summed E-state index contributed by atoms with van der Waals surface area (Å²) in [4.78, 5) is 4.46. The van der Waals surface area contributed by atoms with Gasteiger partial charge in [0.2, 0.25) is 5.88 Å². The minimum atomic E-state index is 0.563. The van der Waals surface area contributed by atoms with Crippen LogP contribution in [-0.2, 0) is 0 Å². The summed E-state index contributed by atoms with van der Waals surface area (Å²) in [5.41, 5.74) is 0. The van der Waals surface area contributed by atoms with Crippen molar-refractivity contribution in [3.63, 3.8) is 0 Å². The molecule has 1 aromatic heterocycles. The van der Waals surface area contributed by atoms with Gasteiger partial charge in [0.15, 0.2) is 0 Å². The second-order valence-electron chi connectivity index (χ2n) is 4.81. The molecule has 1 N–H and O–H groups in total. The number of aromatic nitrogens is 1. The first-order valence-electron chi connectivity index (χ1n) is 6.66. The lowest BCUT2D eigenvalue weighted by Gasteiger charge is -2.29. The Morgan fingerprint density at radius 2 is 2.18 bits per heavy atom. The predicted octanol–water partition coefficient (Wildman–Crippen LogP) is 3.47. The summed E-state index contributed by atoms with van der Waals surface area (Å²) < 4.78 is 5.41. The number of pyridine rings is 1. The molecule has 1 aromatic rings. The zero-order chi connectivity index (χ0) is 12.1. The quantitative estimate of drug-likeness (QED) is 0.866. The van der Waals surface area contributed by atoms with E-state index >= 15 is 0 Å². The Labute approximate surface area is 104 Å². The molecule has 1 aliphatic rings. The molecule has 2 atom stereocenters. The molecule has 0 bridgehead atoms. The molecule has 0 spiro atoms. The van der Waals surface area contributed by atoms with Crippen LogP contribution < -0.4 is 10.1 Å². The van der Waals surface area contributed by atoms with E-state index in [2.05, 4.69) is 17.2 Å². The molecule has 3 nitrogen and oxygen atoms in total. The molecule has 1 saturated carbocycles. The van der Waals surface area contributed by atoms with E-state index < -0.39 is 0 Å². The van der Waals surface area contributed by atoms with Crippen LogP contribution in [0.15, 0.2) is 18.2 Å². The van der Waals surface area contributed by atoms with Crippen LogP contribution in [0.1, 0.15) is 39.5 Å². The van der Waals surface area contributed by atoms with Crippen molar-refractivity contribution < 1.29 is 4.74 Å². The van der Waals surface area contributed by atoms with Crippen molar-refractivity contribution in [2.75, 3.05) is 11.9 Å². The monoisotopic (exact) mass is 234 g/mol. The Kier molecular flexibility index (Phi) is 4.24. The summed E-state index contributed by atoms with van der Waals surface area (Å²) in [6.07, 6.45) is 5.27. The number of hydrogen-bond donors (Lipinski definition) is 1. The Hall–Kier alpha value is -1.25. The highest BCUT2D eigenvalue weighted by Crippen LogP contribution is 2.26. The molecule has 0 amide bonds. The van der Waals surface area contributed by atoms with Gasteiger partial charge in [-0.2, -0.15) is 4.98 Å². The van der Waals surface area contributed by atoms with Crippen LogP contribution in [0.5, 0.6) is 5.88 Å². The van der Waals surface area contributed by atoms with E-state index in [4.69, 9.17) is 4.74 Å². The van der Waals surface area contributed by atoms with Crippen LogP contribution in [0.2, 0.25) is 0 Å². The third-order valence-electron chi connectivity index (χ3n) is 3.46. The van der Waals surface area contributed by atoms with Crippen LogP contribution in [-0.4, -0.2) is 17.6 Å². The zero-order valence-corrected chi connectivity index (χ0v) is 10.8. The fraction of sp³-hybridized carbons (Fsp3) is 0.643. The van der Waals surface area contributed by atoms with Gasteiger partial charge in [0, 0.05) is 12.1 Å². The second-order valence-corrected chi connectivity index (χ2v) is 4.81. The van der Waals surface area contributed by atoms with Gasteiger partial charge in [-0.3, -0.25) is 0 Å². The van der Waals surface area contributed by atoms with Crippen molar-refractivity contribution in [3.8, 4) is 5.88 Å². The average Bonchev–Trinajstić information content (AvgIpc) is 2.33. The minimum absolute atomic E-state index is 0.563. The van der Waals surface area contributed by atoms with E-state index in [1.807, 2.05) is 25.1 Å².